The van der Waals surface area contributed by atoms with Crippen molar-refractivity contribution in [3.63, 3.8) is 0 Å². The second-order valence-corrected chi connectivity index (χ2v) is 18.9. The number of pyridine rings is 4. The minimum Gasteiger partial charge on any atom is -0.255 e. The van der Waals surface area contributed by atoms with Crippen molar-refractivity contribution in [1.29, 1.82) is 0 Å². The van der Waals surface area contributed by atoms with E-state index in [4.69, 9.17) is 19.9 Å². The van der Waals surface area contributed by atoms with Crippen LogP contribution in [-0.2, 0) is 11.7 Å². The SMILES string of the molecule is Cc1ccc(-c2ccccn2)nc1-c1c(-c2ccc(C(C)(C)C)cc2)c(C2=CCC(C(C)(C)C)C=C2)c(-c2nc(-c3ccccn3)ccc2C(C)C)[s+]1C. The lowest BCUT2D eigenvalue weighted by molar-refractivity contribution is 0.294. The van der Waals surface area contributed by atoms with E-state index < -0.39 is 10.5 Å². The molecule has 54 heavy (non-hydrogen) atoms. The van der Waals surface area contributed by atoms with Crippen LogP contribution in [0.1, 0.15) is 90.0 Å². The zero-order valence-corrected chi connectivity index (χ0v) is 34.3. The summed E-state index contributed by atoms with van der Waals surface area (Å²) in [6.45, 7) is 20.6. The van der Waals surface area contributed by atoms with E-state index in [1.165, 1.54) is 43.1 Å². The average Bonchev–Trinajstić information content (AvgIpc) is 3.47. The number of rotatable bonds is 7. The fourth-order valence-electron chi connectivity index (χ4n) is 7.49. The van der Waals surface area contributed by atoms with Gasteiger partial charge in [0, 0.05) is 12.4 Å². The second kappa shape index (κ2) is 14.7. The van der Waals surface area contributed by atoms with Crippen molar-refractivity contribution in [3.05, 3.63) is 138 Å². The van der Waals surface area contributed by atoms with Gasteiger partial charge in [0.2, 0.25) is 9.75 Å². The predicted molar refractivity (Wildman–Crippen MR) is 230 cm³/mol. The Balaban J connectivity index is 1.61. The normalized spacial score (nSPS) is 15.1. The molecule has 7 rings (SSSR count). The minimum absolute atomic E-state index is 0.0397. The molecule has 0 bridgehead atoms. The summed E-state index contributed by atoms with van der Waals surface area (Å²) in [6, 6.07) is 30.1. The molecule has 0 radical (unpaired) electrons. The van der Waals surface area contributed by atoms with E-state index in [0.717, 1.165) is 46.1 Å². The Morgan fingerprint density at radius 2 is 1.26 bits per heavy atom. The van der Waals surface area contributed by atoms with Gasteiger partial charge in [-0.2, -0.15) is 0 Å². The van der Waals surface area contributed by atoms with Gasteiger partial charge in [0.15, 0.2) is 0 Å². The molecule has 5 aromatic heterocycles. The highest BCUT2D eigenvalue weighted by Gasteiger charge is 2.38. The monoisotopic (exact) mass is 729 g/mol. The molecule has 2 unspecified atom stereocenters. The molecule has 0 spiro atoms. The topological polar surface area (TPSA) is 51.6 Å². The maximum Gasteiger partial charge on any atom is 0.208 e. The first-order chi connectivity index (χ1) is 25.7. The first kappa shape index (κ1) is 37.3. The molecule has 0 saturated carbocycles. The van der Waals surface area contributed by atoms with Crippen molar-refractivity contribution in [2.45, 2.75) is 80.1 Å². The van der Waals surface area contributed by atoms with Gasteiger partial charge in [0.25, 0.3) is 0 Å². The molecule has 4 nitrogen and oxygen atoms in total. The Bertz CT molecular complexity index is 2350. The van der Waals surface area contributed by atoms with Crippen LogP contribution in [0.5, 0.6) is 0 Å². The maximum atomic E-state index is 5.56. The summed E-state index contributed by atoms with van der Waals surface area (Å²) >= 11 is 0. The van der Waals surface area contributed by atoms with Gasteiger partial charge in [-0.15, -0.1) is 0 Å². The van der Waals surface area contributed by atoms with E-state index in [-0.39, 0.29) is 16.7 Å². The molecule has 0 saturated heterocycles. The molecule has 0 aliphatic heterocycles. The molecule has 1 aliphatic carbocycles. The number of benzene rings is 1. The van der Waals surface area contributed by atoms with Crippen LogP contribution in [0.15, 0.2) is 116 Å². The molecule has 1 aliphatic rings. The first-order valence-corrected chi connectivity index (χ1v) is 20.8. The summed E-state index contributed by atoms with van der Waals surface area (Å²) in [6.07, 6.45) is 14.4. The quantitative estimate of drug-likeness (QED) is 0.154. The van der Waals surface area contributed by atoms with Gasteiger partial charge >= 0.3 is 0 Å². The van der Waals surface area contributed by atoms with Gasteiger partial charge < -0.3 is 0 Å². The minimum atomic E-state index is -0.409. The van der Waals surface area contributed by atoms with Crippen molar-refractivity contribution in [2.24, 2.45) is 17.6 Å². The third-order valence-electron chi connectivity index (χ3n) is 10.8. The fourth-order valence-corrected chi connectivity index (χ4v) is 9.69. The Kier molecular flexibility index (Phi) is 10.1. The van der Waals surface area contributed by atoms with Crippen molar-refractivity contribution in [3.8, 4) is 55.0 Å². The van der Waals surface area contributed by atoms with E-state index in [2.05, 4.69) is 141 Å². The first-order valence-electron chi connectivity index (χ1n) is 19.2. The van der Waals surface area contributed by atoms with Crippen molar-refractivity contribution < 1.29 is 0 Å². The molecule has 2 atom stereocenters. The number of nitrogens with zero attached hydrogens (tertiary/aromatic N) is 4. The smallest absolute Gasteiger partial charge is 0.208 e. The van der Waals surface area contributed by atoms with Crippen LogP contribution in [0.2, 0.25) is 0 Å². The van der Waals surface area contributed by atoms with E-state index >= 15 is 0 Å². The lowest BCUT2D eigenvalue weighted by Crippen LogP contribution is -2.19. The highest BCUT2D eigenvalue weighted by Crippen LogP contribution is 2.57. The van der Waals surface area contributed by atoms with E-state index in [9.17, 15) is 0 Å². The third kappa shape index (κ3) is 7.27. The molecule has 0 amide bonds. The summed E-state index contributed by atoms with van der Waals surface area (Å²) in [5.74, 6) is 0.725. The molecular weight excluding hydrogens is 677 g/mol. The summed E-state index contributed by atoms with van der Waals surface area (Å²) in [5.41, 5.74) is 14.5. The molecule has 274 valence electrons. The number of aromatic nitrogens is 4. The van der Waals surface area contributed by atoms with Crippen LogP contribution in [0, 0.1) is 18.3 Å². The lowest BCUT2D eigenvalue weighted by atomic mass is 9.75. The maximum absolute atomic E-state index is 5.56. The van der Waals surface area contributed by atoms with Gasteiger partial charge in [0.1, 0.15) is 17.6 Å². The average molecular weight is 730 g/mol. The number of hydrogen-bond acceptors (Lipinski definition) is 4. The van der Waals surface area contributed by atoms with Crippen molar-refractivity contribution in [2.75, 3.05) is 0 Å². The Hall–Kier alpha value is -5.00. The highest BCUT2D eigenvalue weighted by atomic mass is 32.2. The van der Waals surface area contributed by atoms with E-state index in [0.29, 0.717) is 5.92 Å². The van der Waals surface area contributed by atoms with Crippen LogP contribution in [-0.4, -0.2) is 19.9 Å². The molecule has 0 N–H and O–H groups in total. The molecule has 5 heteroatoms. The second-order valence-electron chi connectivity index (χ2n) is 17.1. The lowest BCUT2D eigenvalue weighted by Gasteiger charge is -2.29. The largest absolute Gasteiger partial charge is 0.255 e. The summed E-state index contributed by atoms with van der Waals surface area (Å²) in [5, 5.41) is 0. The molecule has 6 aromatic rings. The standard InChI is InChI=1S/C49H53N4S/c1-31(2)37-26-28-41(39-16-12-14-30-51-39)53-45(37)47-43(34-20-24-36(25-21-34)49(7,8)9)42(33-18-22-35(23-19-33)48(4,5)6)46(54(47)10)44-32(3)17-27-40(52-44)38-15-11-13-29-50-38/h11-24,26-31,36H,25H2,1-10H3/q+1. The molecular formula is C49H53N4S+. The van der Waals surface area contributed by atoms with Crippen LogP contribution in [0.3, 0.4) is 0 Å². The fraction of sp³-hybridized carbons (Fsp3) is 0.306. The highest BCUT2D eigenvalue weighted by molar-refractivity contribution is 7.36. The predicted octanol–water partition coefficient (Wildman–Crippen LogP) is 13.6. The van der Waals surface area contributed by atoms with Crippen molar-refractivity contribution in [1.82, 2.24) is 19.9 Å². The Morgan fingerprint density at radius 1 is 0.667 bits per heavy atom. The van der Waals surface area contributed by atoms with Gasteiger partial charge in [-0.3, -0.25) is 9.97 Å². The molecule has 0 fully saturated rings. The van der Waals surface area contributed by atoms with Crippen LogP contribution < -0.4 is 0 Å². The van der Waals surface area contributed by atoms with E-state index in [1.54, 1.807) is 0 Å². The van der Waals surface area contributed by atoms with Gasteiger partial charge in [-0.1, -0.05) is 122 Å². The van der Waals surface area contributed by atoms with Gasteiger partial charge in [0.05, 0.1) is 33.9 Å². The van der Waals surface area contributed by atoms with Gasteiger partial charge in [-0.25, -0.2) is 9.97 Å². The zero-order valence-electron chi connectivity index (χ0n) is 33.5. The van der Waals surface area contributed by atoms with Crippen molar-refractivity contribution >= 4 is 16.0 Å². The third-order valence-corrected chi connectivity index (χ3v) is 12.8. The summed E-state index contributed by atoms with van der Waals surface area (Å²) in [7, 11) is -0.409. The Morgan fingerprint density at radius 3 is 1.78 bits per heavy atom. The number of hydrogen-bond donors (Lipinski definition) is 0. The summed E-state index contributed by atoms with van der Waals surface area (Å²) < 4.78 is 0. The molecule has 1 aromatic carbocycles. The van der Waals surface area contributed by atoms with Crippen LogP contribution in [0.4, 0.5) is 0 Å². The van der Waals surface area contributed by atoms with Crippen LogP contribution in [0.25, 0.3) is 60.6 Å². The van der Waals surface area contributed by atoms with Crippen LogP contribution >= 0.6 is 10.5 Å². The number of thiophene rings is 1. The number of allylic oxidation sites excluding steroid dienone is 4. The molecule has 5 heterocycles. The summed E-state index contributed by atoms with van der Waals surface area (Å²) in [4.78, 5) is 23.0. The van der Waals surface area contributed by atoms with Gasteiger partial charge in [-0.05, 0) is 111 Å². The Labute approximate surface area is 325 Å². The number of aryl methyl sites for hydroxylation is 1. The van der Waals surface area contributed by atoms with E-state index in [1.807, 2.05) is 42.7 Å². The zero-order chi connectivity index (χ0) is 38.4.